The van der Waals surface area contributed by atoms with Gasteiger partial charge in [-0.3, -0.25) is 14.6 Å². The van der Waals surface area contributed by atoms with Crippen molar-refractivity contribution in [3.05, 3.63) is 95.4 Å². The van der Waals surface area contributed by atoms with Crippen LogP contribution in [0.1, 0.15) is 44.9 Å². The largest absolute Gasteiger partial charge is 0.494 e. The number of nitrogens with one attached hydrogen (secondary N) is 1. The third kappa shape index (κ3) is 5.05. The van der Waals surface area contributed by atoms with Crippen molar-refractivity contribution in [2.75, 3.05) is 38.8 Å². The summed E-state index contributed by atoms with van der Waals surface area (Å²) in [6.07, 6.45) is 3.67. The van der Waals surface area contributed by atoms with Gasteiger partial charge in [0.15, 0.2) is 5.82 Å². The Labute approximate surface area is 260 Å². The van der Waals surface area contributed by atoms with Gasteiger partial charge in [0.25, 0.3) is 11.8 Å². The van der Waals surface area contributed by atoms with E-state index in [0.29, 0.717) is 58.3 Å². The van der Waals surface area contributed by atoms with Crippen molar-refractivity contribution in [3.8, 4) is 16.9 Å². The first-order valence-electron chi connectivity index (χ1n) is 14.7. The molecule has 0 radical (unpaired) electrons. The SMILES string of the molecule is COc1c(Nc2nc(N)nc3cccnc23)cccc1-c1ccc2c(c1)C1(CC1)CN(Cc1cccc(C(=O)N(C)C)n1)C2=O. The van der Waals surface area contributed by atoms with Crippen LogP contribution in [0.3, 0.4) is 0 Å². The van der Waals surface area contributed by atoms with Gasteiger partial charge in [-0.15, -0.1) is 0 Å². The number of hydrogen-bond donors (Lipinski definition) is 2. The van der Waals surface area contributed by atoms with Crippen LogP contribution in [0.15, 0.2) is 72.9 Å². The summed E-state index contributed by atoms with van der Waals surface area (Å²) in [6, 6.07) is 20.9. The first kappa shape index (κ1) is 28.2. The number of rotatable bonds is 7. The van der Waals surface area contributed by atoms with E-state index in [2.05, 4.69) is 31.3 Å². The molecule has 0 saturated heterocycles. The van der Waals surface area contributed by atoms with Gasteiger partial charge in [0.2, 0.25) is 5.95 Å². The Morgan fingerprint density at radius 1 is 1.02 bits per heavy atom. The summed E-state index contributed by atoms with van der Waals surface area (Å²) >= 11 is 0. The lowest BCUT2D eigenvalue weighted by atomic mass is 9.84. The van der Waals surface area contributed by atoms with Gasteiger partial charge in [0.1, 0.15) is 17.0 Å². The van der Waals surface area contributed by atoms with Gasteiger partial charge in [-0.2, -0.15) is 4.98 Å². The Morgan fingerprint density at radius 3 is 2.62 bits per heavy atom. The summed E-state index contributed by atoms with van der Waals surface area (Å²) in [6.45, 7) is 0.943. The maximum atomic E-state index is 13.8. The van der Waals surface area contributed by atoms with E-state index >= 15 is 0 Å². The molecule has 2 aliphatic rings. The van der Waals surface area contributed by atoms with Crippen molar-refractivity contribution in [2.24, 2.45) is 0 Å². The normalized spacial score (nSPS) is 14.7. The quantitative estimate of drug-likeness (QED) is 0.269. The number of hydrogen-bond acceptors (Lipinski definition) is 9. The number of anilines is 3. The average molecular weight is 601 g/mol. The maximum absolute atomic E-state index is 13.8. The lowest BCUT2D eigenvalue weighted by Gasteiger charge is -2.35. The summed E-state index contributed by atoms with van der Waals surface area (Å²) in [4.78, 5) is 47.3. The van der Waals surface area contributed by atoms with E-state index < -0.39 is 0 Å². The van der Waals surface area contributed by atoms with Crippen LogP contribution in [0.25, 0.3) is 22.2 Å². The molecule has 3 aromatic heterocycles. The zero-order valence-electron chi connectivity index (χ0n) is 25.2. The van der Waals surface area contributed by atoms with Crippen molar-refractivity contribution < 1.29 is 14.3 Å². The molecule has 4 heterocycles. The standard InChI is InChI=1S/C34H32N8O3/c1-41(2)32(44)27-10-4-7-21(37-27)18-42-19-34(14-15-34)24-17-20(12-13-23(24)31(42)43)22-8-5-9-26(29(22)45-3)38-30-28-25(11-6-16-36-28)39-33(35)40-30/h4-13,16-17H,14-15,18-19H2,1-3H3,(H3,35,38,39,40). The van der Waals surface area contributed by atoms with Gasteiger partial charge < -0.3 is 25.6 Å². The van der Waals surface area contributed by atoms with Gasteiger partial charge >= 0.3 is 0 Å². The topological polar surface area (TPSA) is 139 Å². The molecule has 2 aromatic carbocycles. The van der Waals surface area contributed by atoms with Crippen LogP contribution in [-0.4, -0.2) is 69.3 Å². The number of benzene rings is 2. The molecule has 5 aromatic rings. The molecule has 1 spiro atoms. The second kappa shape index (κ2) is 10.8. The predicted octanol–water partition coefficient (Wildman–Crippen LogP) is 4.81. The minimum absolute atomic E-state index is 0.0386. The molecule has 11 heteroatoms. The first-order chi connectivity index (χ1) is 21.8. The van der Waals surface area contributed by atoms with Crippen LogP contribution in [0.4, 0.5) is 17.5 Å². The molecule has 0 atom stereocenters. The Hall–Kier alpha value is -5.58. The van der Waals surface area contributed by atoms with Gasteiger partial charge in [-0.05, 0) is 66.4 Å². The molecule has 7 rings (SSSR count). The Bertz CT molecular complexity index is 1990. The molecule has 45 heavy (non-hydrogen) atoms. The van der Waals surface area contributed by atoms with Crippen LogP contribution < -0.4 is 15.8 Å². The minimum atomic E-state index is -0.167. The fourth-order valence-corrected chi connectivity index (χ4v) is 6.13. The molecule has 1 saturated carbocycles. The van der Waals surface area contributed by atoms with E-state index in [1.807, 2.05) is 53.4 Å². The number of ether oxygens (including phenoxy) is 1. The molecule has 3 N–H and O–H groups in total. The van der Waals surface area contributed by atoms with Gasteiger partial charge in [0, 0.05) is 43.4 Å². The van der Waals surface area contributed by atoms with E-state index in [4.69, 9.17) is 10.5 Å². The van der Waals surface area contributed by atoms with Crippen LogP contribution in [0, 0.1) is 0 Å². The monoisotopic (exact) mass is 600 g/mol. The number of pyridine rings is 2. The smallest absolute Gasteiger partial charge is 0.271 e. The number of nitrogens with two attached hydrogens (primary N) is 1. The molecule has 1 aliphatic carbocycles. The van der Waals surface area contributed by atoms with Crippen LogP contribution in [-0.2, 0) is 12.0 Å². The van der Waals surface area contributed by atoms with Crippen molar-refractivity contribution in [1.82, 2.24) is 29.7 Å². The highest BCUT2D eigenvalue weighted by molar-refractivity contribution is 5.99. The van der Waals surface area contributed by atoms with E-state index in [9.17, 15) is 9.59 Å². The second-order valence-corrected chi connectivity index (χ2v) is 11.7. The fourth-order valence-electron chi connectivity index (χ4n) is 6.13. The summed E-state index contributed by atoms with van der Waals surface area (Å²) in [7, 11) is 5.03. The Morgan fingerprint density at radius 2 is 1.84 bits per heavy atom. The minimum Gasteiger partial charge on any atom is -0.494 e. The molecule has 1 fully saturated rings. The molecular weight excluding hydrogens is 568 g/mol. The van der Waals surface area contributed by atoms with Crippen molar-refractivity contribution in [1.29, 1.82) is 0 Å². The maximum Gasteiger partial charge on any atom is 0.271 e. The average Bonchev–Trinajstić information content (AvgIpc) is 3.82. The predicted molar refractivity (Wildman–Crippen MR) is 171 cm³/mol. The number of para-hydroxylation sites is 1. The van der Waals surface area contributed by atoms with E-state index in [1.54, 1.807) is 39.5 Å². The highest BCUT2D eigenvalue weighted by atomic mass is 16.5. The molecule has 11 nitrogen and oxygen atoms in total. The number of fused-ring (bicyclic) bond motifs is 3. The molecular formula is C34H32N8O3. The first-order valence-corrected chi connectivity index (χ1v) is 14.7. The summed E-state index contributed by atoms with van der Waals surface area (Å²) in [5.74, 6) is 1.04. The van der Waals surface area contributed by atoms with E-state index in [0.717, 1.165) is 29.5 Å². The number of nitrogen functional groups attached to an aromatic ring is 1. The van der Waals surface area contributed by atoms with Gasteiger partial charge in [-0.1, -0.05) is 24.3 Å². The third-order valence-corrected chi connectivity index (χ3v) is 8.50. The molecule has 226 valence electrons. The second-order valence-electron chi connectivity index (χ2n) is 11.7. The van der Waals surface area contributed by atoms with Crippen LogP contribution in [0.5, 0.6) is 5.75 Å². The van der Waals surface area contributed by atoms with Crippen LogP contribution >= 0.6 is 0 Å². The Kier molecular flexibility index (Phi) is 6.80. The Balaban J connectivity index is 1.21. The summed E-state index contributed by atoms with van der Waals surface area (Å²) in [5.41, 5.74) is 12.4. The number of carbonyl (C=O) groups excluding carboxylic acids is 2. The fraction of sp³-hybridized carbons (Fsp3) is 0.235. The van der Waals surface area contributed by atoms with E-state index in [1.165, 1.54) is 4.90 Å². The third-order valence-electron chi connectivity index (χ3n) is 8.50. The summed E-state index contributed by atoms with van der Waals surface area (Å²) < 4.78 is 5.94. The molecule has 2 amide bonds. The highest BCUT2D eigenvalue weighted by Gasteiger charge is 2.51. The summed E-state index contributed by atoms with van der Waals surface area (Å²) in [5, 5.41) is 3.35. The lowest BCUT2D eigenvalue weighted by molar-refractivity contribution is 0.0696. The van der Waals surface area contributed by atoms with Crippen molar-refractivity contribution in [2.45, 2.75) is 24.8 Å². The van der Waals surface area contributed by atoms with E-state index in [-0.39, 0.29) is 23.2 Å². The van der Waals surface area contributed by atoms with Gasteiger partial charge in [0.05, 0.1) is 30.6 Å². The number of methoxy groups -OCH3 is 1. The molecule has 0 unspecified atom stereocenters. The van der Waals surface area contributed by atoms with Gasteiger partial charge in [-0.25, -0.2) is 9.97 Å². The molecule has 0 bridgehead atoms. The van der Waals surface area contributed by atoms with Crippen LogP contribution in [0.2, 0.25) is 0 Å². The van der Waals surface area contributed by atoms with Crippen molar-refractivity contribution in [3.63, 3.8) is 0 Å². The number of aromatic nitrogens is 4. The number of amides is 2. The highest BCUT2D eigenvalue weighted by Crippen LogP contribution is 2.53. The number of carbonyl (C=O) groups is 2. The zero-order chi connectivity index (χ0) is 31.3. The lowest BCUT2D eigenvalue weighted by Crippen LogP contribution is -2.43. The molecule has 1 aliphatic heterocycles. The van der Waals surface area contributed by atoms with Crippen molar-refractivity contribution >= 4 is 40.3 Å². The zero-order valence-corrected chi connectivity index (χ0v) is 25.2. The number of nitrogens with zero attached hydrogens (tertiary/aromatic N) is 6.